The molecule has 0 amide bonds. The molecule has 0 unspecified atom stereocenters. The van der Waals surface area contributed by atoms with Crippen molar-refractivity contribution in [2.45, 2.75) is 59.2 Å². The molecule has 0 aliphatic rings. The summed E-state index contributed by atoms with van der Waals surface area (Å²) in [6.45, 7) is 8.20. The molecule has 5 nitrogen and oxygen atoms in total. The van der Waals surface area contributed by atoms with Crippen molar-refractivity contribution in [2.24, 2.45) is 7.05 Å². The van der Waals surface area contributed by atoms with Gasteiger partial charge in [0.05, 0.1) is 17.4 Å². The van der Waals surface area contributed by atoms with Gasteiger partial charge in [0, 0.05) is 38.1 Å². The van der Waals surface area contributed by atoms with Gasteiger partial charge in [-0.15, -0.1) is 0 Å². The number of rotatable bonds is 8. The number of hydrogen-bond acceptors (Lipinski definition) is 3. The van der Waals surface area contributed by atoms with Gasteiger partial charge in [-0.25, -0.2) is 0 Å². The molecular weight excluding hydrogens is 262 g/mol. The van der Waals surface area contributed by atoms with Crippen molar-refractivity contribution >= 4 is 0 Å². The third kappa shape index (κ3) is 3.94. The van der Waals surface area contributed by atoms with Gasteiger partial charge in [-0.2, -0.15) is 10.2 Å². The smallest absolute Gasteiger partial charge is 0.0762 e. The van der Waals surface area contributed by atoms with Crippen LogP contribution >= 0.6 is 0 Å². The van der Waals surface area contributed by atoms with Crippen LogP contribution in [0.15, 0.2) is 18.5 Å². The molecule has 0 atom stereocenters. The van der Waals surface area contributed by atoms with Gasteiger partial charge in [0.1, 0.15) is 0 Å². The molecule has 0 saturated carbocycles. The van der Waals surface area contributed by atoms with Gasteiger partial charge in [0.2, 0.25) is 0 Å². The Balaban J connectivity index is 1.88. The predicted molar refractivity (Wildman–Crippen MR) is 85.0 cm³/mol. The summed E-state index contributed by atoms with van der Waals surface area (Å²) in [5.41, 5.74) is 3.55. The predicted octanol–water partition coefficient (Wildman–Crippen LogP) is 2.83. The van der Waals surface area contributed by atoms with Gasteiger partial charge in [-0.1, -0.05) is 20.8 Å². The molecule has 0 aliphatic heterocycles. The maximum atomic E-state index is 4.66. The van der Waals surface area contributed by atoms with E-state index in [0.29, 0.717) is 6.04 Å². The summed E-state index contributed by atoms with van der Waals surface area (Å²) in [5, 5.41) is 12.6. The fraction of sp³-hybridized carbons (Fsp3) is 0.625. The van der Waals surface area contributed by atoms with Crippen LogP contribution < -0.4 is 5.32 Å². The molecule has 0 bridgehead atoms. The third-order valence-electron chi connectivity index (χ3n) is 3.93. The Hall–Kier alpha value is -1.62. The van der Waals surface area contributed by atoms with Gasteiger partial charge in [-0.05, 0) is 25.3 Å². The Morgan fingerprint density at radius 1 is 1.14 bits per heavy atom. The monoisotopic (exact) mass is 289 g/mol. The Morgan fingerprint density at radius 2 is 1.90 bits per heavy atom. The summed E-state index contributed by atoms with van der Waals surface area (Å²) in [5.74, 6) is 0. The molecule has 2 rings (SSSR count). The van der Waals surface area contributed by atoms with Gasteiger partial charge in [0.15, 0.2) is 0 Å². The van der Waals surface area contributed by atoms with Crippen LogP contribution in [0, 0.1) is 0 Å². The quantitative estimate of drug-likeness (QED) is 0.813. The SMILES string of the molecule is CCc1nn(C)cc1CNCc1ccn(C(CC)CC)n1. The molecule has 1 N–H and O–H groups in total. The molecule has 21 heavy (non-hydrogen) atoms. The van der Waals surface area contributed by atoms with E-state index in [1.807, 2.05) is 11.7 Å². The number of hydrogen-bond donors (Lipinski definition) is 1. The summed E-state index contributed by atoms with van der Waals surface area (Å²) >= 11 is 0. The van der Waals surface area contributed by atoms with Crippen molar-refractivity contribution in [3.8, 4) is 0 Å². The zero-order chi connectivity index (χ0) is 15.2. The molecule has 2 aromatic rings. The summed E-state index contributed by atoms with van der Waals surface area (Å²) in [7, 11) is 1.97. The second-order valence-corrected chi connectivity index (χ2v) is 5.49. The fourth-order valence-corrected chi connectivity index (χ4v) is 2.69. The molecule has 5 heteroatoms. The number of aryl methyl sites for hydroxylation is 2. The molecule has 0 radical (unpaired) electrons. The van der Waals surface area contributed by atoms with Crippen molar-refractivity contribution in [3.05, 3.63) is 35.4 Å². The first-order valence-corrected chi connectivity index (χ1v) is 7.94. The summed E-state index contributed by atoms with van der Waals surface area (Å²) in [6, 6.07) is 2.62. The van der Waals surface area contributed by atoms with E-state index >= 15 is 0 Å². The minimum absolute atomic E-state index is 0.517. The van der Waals surface area contributed by atoms with E-state index in [0.717, 1.165) is 38.0 Å². The maximum absolute atomic E-state index is 4.66. The first kappa shape index (κ1) is 15.8. The highest BCUT2D eigenvalue weighted by molar-refractivity contribution is 5.16. The molecule has 0 fully saturated rings. The number of aromatic nitrogens is 4. The van der Waals surface area contributed by atoms with E-state index in [1.54, 1.807) is 0 Å². The van der Waals surface area contributed by atoms with Crippen molar-refractivity contribution in [1.29, 1.82) is 0 Å². The zero-order valence-corrected chi connectivity index (χ0v) is 13.6. The van der Waals surface area contributed by atoms with Crippen LogP contribution in [0.4, 0.5) is 0 Å². The molecule has 2 aromatic heterocycles. The van der Waals surface area contributed by atoms with Crippen LogP contribution in [0.2, 0.25) is 0 Å². The minimum Gasteiger partial charge on any atom is -0.307 e. The van der Waals surface area contributed by atoms with Crippen LogP contribution in [0.25, 0.3) is 0 Å². The Morgan fingerprint density at radius 3 is 2.57 bits per heavy atom. The molecular formula is C16H27N5. The second-order valence-electron chi connectivity index (χ2n) is 5.49. The molecule has 2 heterocycles. The van der Waals surface area contributed by atoms with Crippen LogP contribution in [0.5, 0.6) is 0 Å². The van der Waals surface area contributed by atoms with Crippen molar-refractivity contribution < 1.29 is 0 Å². The number of nitrogens with zero attached hydrogens (tertiary/aromatic N) is 4. The highest BCUT2D eigenvalue weighted by Crippen LogP contribution is 2.14. The van der Waals surface area contributed by atoms with E-state index in [9.17, 15) is 0 Å². The Kier molecular flexibility index (Phi) is 5.56. The summed E-state index contributed by atoms with van der Waals surface area (Å²) in [4.78, 5) is 0. The van der Waals surface area contributed by atoms with Crippen molar-refractivity contribution in [3.63, 3.8) is 0 Å². The van der Waals surface area contributed by atoms with Crippen LogP contribution in [0.3, 0.4) is 0 Å². The summed E-state index contributed by atoms with van der Waals surface area (Å²) in [6.07, 6.45) is 7.41. The Labute approximate surface area is 127 Å². The molecule has 0 saturated heterocycles. The van der Waals surface area contributed by atoms with Gasteiger partial charge in [0.25, 0.3) is 0 Å². The average molecular weight is 289 g/mol. The van der Waals surface area contributed by atoms with Crippen LogP contribution in [-0.2, 0) is 26.6 Å². The molecule has 0 aromatic carbocycles. The Bertz CT molecular complexity index is 551. The van der Waals surface area contributed by atoms with Crippen molar-refractivity contribution in [1.82, 2.24) is 24.9 Å². The van der Waals surface area contributed by atoms with E-state index in [2.05, 4.69) is 59.4 Å². The lowest BCUT2D eigenvalue weighted by atomic mass is 10.2. The highest BCUT2D eigenvalue weighted by Gasteiger charge is 2.08. The van der Waals surface area contributed by atoms with E-state index in [-0.39, 0.29) is 0 Å². The second kappa shape index (κ2) is 7.41. The van der Waals surface area contributed by atoms with Gasteiger partial charge in [-0.3, -0.25) is 9.36 Å². The van der Waals surface area contributed by atoms with Crippen LogP contribution in [-0.4, -0.2) is 19.6 Å². The summed E-state index contributed by atoms with van der Waals surface area (Å²) < 4.78 is 3.98. The minimum atomic E-state index is 0.517. The highest BCUT2D eigenvalue weighted by atomic mass is 15.3. The van der Waals surface area contributed by atoms with E-state index in [4.69, 9.17) is 0 Å². The van der Waals surface area contributed by atoms with Gasteiger partial charge >= 0.3 is 0 Å². The normalized spacial score (nSPS) is 11.5. The largest absolute Gasteiger partial charge is 0.307 e. The first-order chi connectivity index (χ1) is 10.2. The lowest BCUT2D eigenvalue weighted by Gasteiger charge is -2.12. The molecule has 116 valence electrons. The standard InChI is InChI=1S/C16H27N5/c1-5-15(6-2)21-9-8-14(18-21)11-17-10-13-12-20(4)19-16(13)7-3/h8-9,12,15,17H,5-7,10-11H2,1-4H3. The third-order valence-corrected chi connectivity index (χ3v) is 3.93. The first-order valence-electron chi connectivity index (χ1n) is 7.94. The lowest BCUT2D eigenvalue weighted by molar-refractivity contribution is 0.424. The fourth-order valence-electron chi connectivity index (χ4n) is 2.69. The molecule has 0 aliphatic carbocycles. The lowest BCUT2D eigenvalue weighted by Crippen LogP contribution is -2.15. The van der Waals surface area contributed by atoms with E-state index < -0.39 is 0 Å². The molecule has 0 spiro atoms. The van der Waals surface area contributed by atoms with E-state index in [1.165, 1.54) is 11.3 Å². The zero-order valence-electron chi connectivity index (χ0n) is 13.6. The number of nitrogens with one attached hydrogen (secondary N) is 1. The topological polar surface area (TPSA) is 47.7 Å². The average Bonchev–Trinajstić information content (AvgIpc) is 3.07. The van der Waals surface area contributed by atoms with Gasteiger partial charge < -0.3 is 5.32 Å². The maximum Gasteiger partial charge on any atom is 0.0762 e. The van der Waals surface area contributed by atoms with Crippen molar-refractivity contribution in [2.75, 3.05) is 0 Å². The van der Waals surface area contributed by atoms with Crippen LogP contribution in [0.1, 0.15) is 56.6 Å².